The molecule has 0 atom stereocenters. The molecule has 8 nitrogen and oxygen atoms in total. The summed E-state index contributed by atoms with van der Waals surface area (Å²) in [5, 5.41) is 11.9. The quantitative estimate of drug-likeness (QED) is 0.397. The molecule has 0 spiro atoms. The number of halogens is 1. The van der Waals surface area contributed by atoms with Gasteiger partial charge in [0.1, 0.15) is 5.82 Å². The number of nitrogens with one attached hydrogen (secondary N) is 3. The van der Waals surface area contributed by atoms with Gasteiger partial charge in [-0.3, -0.25) is 4.79 Å². The van der Waals surface area contributed by atoms with Crippen LogP contribution in [0.15, 0.2) is 77.3 Å². The Bertz CT molecular complexity index is 1290. The van der Waals surface area contributed by atoms with E-state index in [1.165, 1.54) is 12.1 Å². The van der Waals surface area contributed by atoms with Crippen molar-refractivity contribution in [2.75, 3.05) is 10.6 Å². The van der Waals surface area contributed by atoms with Gasteiger partial charge in [-0.05, 0) is 48.9 Å². The number of para-hydroxylation sites is 1. The van der Waals surface area contributed by atoms with Crippen LogP contribution in [0.4, 0.5) is 20.6 Å². The molecule has 1 aromatic heterocycles. The maximum absolute atomic E-state index is 13.4. The van der Waals surface area contributed by atoms with Gasteiger partial charge in [-0.1, -0.05) is 41.6 Å². The highest BCUT2D eigenvalue weighted by Crippen LogP contribution is 2.19. The Morgan fingerprint density at radius 2 is 1.79 bits per heavy atom. The highest BCUT2D eigenvalue weighted by molar-refractivity contribution is 6.05. The third-order valence-corrected chi connectivity index (χ3v) is 4.73. The van der Waals surface area contributed by atoms with E-state index in [0.29, 0.717) is 22.5 Å². The maximum Gasteiger partial charge on any atom is 0.319 e. The summed E-state index contributed by atoms with van der Waals surface area (Å²) in [7, 11) is 0. The molecule has 0 bridgehead atoms. The average Bonchev–Trinajstić information content (AvgIpc) is 3.29. The molecule has 0 aliphatic carbocycles. The lowest BCUT2D eigenvalue weighted by Gasteiger charge is -2.11. The predicted molar refractivity (Wildman–Crippen MR) is 121 cm³/mol. The van der Waals surface area contributed by atoms with Crippen LogP contribution in [0.25, 0.3) is 11.4 Å². The van der Waals surface area contributed by atoms with Gasteiger partial charge in [0.25, 0.3) is 5.91 Å². The van der Waals surface area contributed by atoms with Crippen molar-refractivity contribution in [3.05, 3.63) is 95.6 Å². The van der Waals surface area contributed by atoms with Crippen LogP contribution in [0.1, 0.15) is 21.8 Å². The Morgan fingerprint density at radius 1 is 0.970 bits per heavy atom. The van der Waals surface area contributed by atoms with Crippen LogP contribution in [0, 0.1) is 12.7 Å². The number of anilines is 2. The third-order valence-electron chi connectivity index (χ3n) is 4.73. The summed E-state index contributed by atoms with van der Waals surface area (Å²) in [5.74, 6) is -0.316. The standard InChI is InChI=1S/C24H20FN5O3/c1-15-10-11-17(23(31)27-19-8-3-2-4-9-19)13-20(15)28-24(32)26-14-21-29-22(30-33-21)16-6-5-7-18(25)12-16/h2-13H,14H2,1H3,(H,27,31)(H2,26,28,32). The fourth-order valence-corrected chi connectivity index (χ4v) is 3.02. The number of nitrogens with zero attached hydrogens (tertiary/aromatic N) is 2. The third kappa shape index (κ3) is 5.59. The minimum Gasteiger partial charge on any atom is -0.337 e. The zero-order valence-corrected chi connectivity index (χ0v) is 17.6. The molecule has 3 N–H and O–H groups in total. The predicted octanol–water partition coefficient (Wildman–Crippen LogP) is 4.76. The van der Waals surface area contributed by atoms with Gasteiger partial charge in [0, 0.05) is 22.5 Å². The van der Waals surface area contributed by atoms with Crippen LogP contribution in [0.2, 0.25) is 0 Å². The number of carbonyl (C=O) groups excluding carboxylic acids is 2. The Labute approximate surface area is 188 Å². The van der Waals surface area contributed by atoms with Crippen LogP contribution in [0.5, 0.6) is 0 Å². The second kappa shape index (κ2) is 9.73. The Hall–Kier alpha value is -4.53. The van der Waals surface area contributed by atoms with Crippen LogP contribution >= 0.6 is 0 Å². The Morgan fingerprint density at radius 3 is 2.58 bits per heavy atom. The largest absolute Gasteiger partial charge is 0.337 e. The number of hydrogen-bond donors (Lipinski definition) is 3. The monoisotopic (exact) mass is 445 g/mol. The molecule has 0 fully saturated rings. The van der Waals surface area contributed by atoms with Crippen molar-refractivity contribution >= 4 is 23.3 Å². The minimum absolute atomic E-state index is 0.0264. The Kier molecular flexibility index (Phi) is 6.40. The van der Waals surface area contributed by atoms with Crippen molar-refractivity contribution in [3.8, 4) is 11.4 Å². The minimum atomic E-state index is -0.510. The van der Waals surface area contributed by atoms with Gasteiger partial charge in [0.2, 0.25) is 11.7 Å². The van der Waals surface area contributed by atoms with Gasteiger partial charge in [0.15, 0.2) is 0 Å². The molecule has 4 rings (SSSR count). The zero-order chi connectivity index (χ0) is 23.2. The van der Waals surface area contributed by atoms with Crippen LogP contribution in [-0.2, 0) is 6.54 Å². The number of carbonyl (C=O) groups is 2. The summed E-state index contributed by atoms with van der Waals surface area (Å²) in [4.78, 5) is 29.0. The molecule has 0 saturated carbocycles. The molecule has 33 heavy (non-hydrogen) atoms. The smallest absolute Gasteiger partial charge is 0.319 e. The van der Waals surface area contributed by atoms with Gasteiger partial charge in [-0.25, -0.2) is 9.18 Å². The van der Waals surface area contributed by atoms with Crippen LogP contribution in [0.3, 0.4) is 0 Å². The van der Waals surface area contributed by atoms with E-state index < -0.39 is 11.8 Å². The number of rotatable bonds is 6. The summed E-state index contributed by atoms with van der Waals surface area (Å²) in [6.45, 7) is 1.79. The van der Waals surface area contributed by atoms with Gasteiger partial charge in [0.05, 0.1) is 6.54 Å². The number of urea groups is 1. The van der Waals surface area contributed by atoms with Crippen molar-refractivity contribution in [1.29, 1.82) is 0 Å². The van der Waals surface area contributed by atoms with E-state index in [0.717, 1.165) is 5.56 Å². The molecule has 1 heterocycles. The Balaban J connectivity index is 1.36. The first-order valence-electron chi connectivity index (χ1n) is 10.1. The van der Waals surface area contributed by atoms with Crippen molar-refractivity contribution < 1.29 is 18.5 Å². The van der Waals surface area contributed by atoms with E-state index >= 15 is 0 Å². The number of aryl methyl sites for hydroxylation is 1. The van der Waals surface area contributed by atoms with Gasteiger partial charge in [-0.2, -0.15) is 4.98 Å². The summed E-state index contributed by atoms with van der Waals surface area (Å²) < 4.78 is 18.5. The lowest BCUT2D eigenvalue weighted by Crippen LogP contribution is -2.28. The molecule has 166 valence electrons. The molecule has 3 amide bonds. The van der Waals surface area contributed by atoms with Gasteiger partial charge < -0.3 is 20.5 Å². The fraction of sp³-hybridized carbons (Fsp3) is 0.0833. The van der Waals surface area contributed by atoms with Crippen molar-refractivity contribution in [3.63, 3.8) is 0 Å². The van der Waals surface area contributed by atoms with Crippen LogP contribution in [-0.4, -0.2) is 22.1 Å². The zero-order valence-electron chi connectivity index (χ0n) is 17.6. The second-order valence-electron chi connectivity index (χ2n) is 7.18. The molecule has 4 aromatic rings. The van der Waals surface area contributed by atoms with Crippen LogP contribution < -0.4 is 16.0 Å². The second-order valence-corrected chi connectivity index (χ2v) is 7.18. The van der Waals surface area contributed by atoms with E-state index in [-0.39, 0.29) is 24.2 Å². The summed E-state index contributed by atoms with van der Waals surface area (Å²) >= 11 is 0. The van der Waals surface area contributed by atoms with E-state index in [1.807, 2.05) is 25.1 Å². The normalized spacial score (nSPS) is 10.5. The van der Waals surface area contributed by atoms with E-state index in [2.05, 4.69) is 26.1 Å². The first kappa shape index (κ1) is 21.7. The van der Waals surface area contributed by atoms with Gasteiger partial charge >= 0.3 is 6.03 Å². The highest BCUT2D eigenvalue weighted by Gasteiger charge is 2.13. The fourth-order valence-electron chi connectivity index (χ4n) is 3.02. The molecule has 0 unspecified atom stereocenters. The number of amides is 3. The van der Waals surface area contributed by atoms with Crippen molar-refractivity contribution in [1.82, 2.24) is 15.5 Å². The molecule has 0 aliphatic rings. The molecule has 9 heteroatoms. The summed E-state index contributed by atoms with van der Waals surface area (Å²) in [5.41, 5.74) is 2.81. The molecule has 0 aliphatic heterocycles. The van der Waals surface area contributed by atoms with E-state index in [9.17, 15) is 14.0 Å². The van der Waals surface area contributed by atoms with Crippen molar-refractivity contribution in [2.45, 2.75) is 13.5 Å². The summed E-state index contributed by atoms with van der Waals surface area (Å²) in [6, 6.07) is 19.4. The highest BCUT2D eigenvalue weighted by atomic mass is 19.1. The summed E-state index contributed by atoms with van der Waals surface area (Å²) in [6.07, 6.45) is 0. The SMILES string of the molecule is Cc1ccc(C(=O)Nc2ccccc2)cc1NC(=O)NCc1nc(-c2cccc(F)c2)no1. The number of hydrogen-bond acceptors (Lipinski definition) is 5. The lowest BCUT2D eigenvalue weighted by molar-refractivity contribution is 0.102. The van der Waals surface area contributed by atoms with E-state index in [4.69, 9.17) is 4.52 Å². The first-order chi connectivity index (χ1) is 16.0. The van der Waals surface area contributed by atoms with Gasteiger partial charge in [-0.15, -0.1) is 0 Å². The van der Waals surface area contributed by atoms with E-state index in [1.54, 1.807) is 42.5 Å². The first-order valence-corrected chi connectivity index (χ1v) is 10.1. The number of aromatic nitrogens is 2. The van der Waals surface area contributed by atoms with Crippen molar-refractivity contribution in [2.24, 2.45) is 0 Å². The molecule has 3 aromatic carbocycles. The molecular formula is C24H20FN5O3. The molecule has 0 radical (unpaired) electrons. The maximum atomic E-state index is 13.4. The topological polar surface area (TPSA) is 109 Å². The molecular weight excluding hydrogens is 425 g/mol. The average molecular weight is 445 g/mol. The molecule has 0 saturated heterocycles. The number of benzene rings is 3. The lowest BCUT2D eigenvalue weighted by atomic mass is 10.1.